The maximum absolute atomic E-state index is 13.8. The smallest absolute Gasteiger partial charge is 0.224 e. The first-order valence-electron chi connectivity index (χ1n) is 6.98. The first-order valence-corrected chi connectivity index (χ1v) is 9.69. The van der Waals surface area contributed by atoms with Crippen molar-refractivity contribution in [3.8, 4) is 21.7 Å². The van der Waals surface area contributed by atoms with Crippen LogP contribution in [0.15, 0.2) is 47.4 Å². The minimum Gasteiger partial charge on any atom is -0.224 e. The van der Waals surface area contributed by atoms with Gasteiger partial charge in [-0.1, -0.05) is 22.7 Å². The third-order valence-corrected chi connectivity index (χ3v) is 5.66. The van der Waals surface area contributed by atoms with Crippen LogP contribution in [0.25, 0.3) is 21.7 Å². The molecule has 5 nitrogen and oxygen atoms in total. The predicted octanol–water partition coefficient (Wildman–Crippen LogP) is 3.18. The lowest BCUT2D eigenvalue weighted by atomic mass is 10.1. The standard InChI is InChI=1S/C16H14FN2O3S2/c1-10-3-4-12(9-14(10)17)15-16(23-18-19(15)20)11-5-7-13(8-6-11)24(2,21)22/h3-9H,1-2H3,(H,18,20)/q+1. The second-order valence-electron chi connectivity index (χ2n) is 5.43. The summed E-state index contributed by atoms with van der Waals surface area (Å²) in [5, 5.41) is 0. The maximum Gasteiger partial charge on any atom is 0.319 e. The second-order valence-corrected chi connectivity index (χ2v) is 8.24. The van der Waals surface area contributed by atoms with E-state index in [4.69, 9.17) is 0 Å². The van der Waals surface area contributed by atoms with Crippen LogP contribution in [0, 0.1) is 17.6 Å². The Kier molecular flexibility index (Phi) is 4.10. The van der Waals surface area contributed by atoms with E-state index >= 15 is 0 Å². The quantitative estimate of drug-likeness (QED) is 0.725. The molecule has 1 heterocycles. The lowest BCUT2D eigenvalue weighted by Gasteiger charge is -2.01. The molecule has 3 rings (SSSR count). The van der Waals surface area contributed by atoms with Crippen molar-refractivity contribution in [1.82, 2.24) is 4.49 Å². The molecule has 0 saturated carbocycles. The highest BCUT2D eigenvalue weighted by atomic mass is 32.2. The number of rotatable bonds is 3. The summed E-state index contributed by atoms with van der Waals surface area (Å²) in [7, 11) is -3.29. The van der Waals surface area contributed by atoms with Crippen LogP contribution in [0.1, 0.15) is 5.56 Å². The molecule has 124 valence electrons. The van der Waals surface area contributed by atoms with E-state index in [2.05, 4.69) is 4.49 Å². The number of aryl methyl sites for hydroxylation is 1. The molecule has 0 spiro atoms. The van der Waals surface area contributed by atoms with Gasteiger partial charge >= 0.3 is 5.69 Å². The van der Waals surface area contributed by atoms with E-state index in [0.29, 0.717) is 31.8 Å². The molecule has 1 aromatic heterocycles. The van der Waals surface area contributed by atoms with Crippen molar-refractivity contribution < 1.29 is 17.4 Å². The van der Waals surface area contributed by atoms with E-state index in [1.54, 1.807) is 31.2 Å². The molecule has 24 heavy (non-hydrogen) atoms. The fourth-order valence-electron chi connectivity index (χ4n) is 2.31. The van der Waals surface area contributed by atoms with Crippen molar-refractivity contribution in [2.75, 3.05) is 6.26 Å². The van der Waals surface area contributed by atoms with Crippen LogP contribution in [0.4, 0.5) is 4.39 Å². The molecule has 1 N–H and O–H groups in total. The van der Waals surface area contributed by atoms with Crippen LogP contribution >= 0.6 is 11.5 Å². The fraction of sp³-hybridized carbons (Fsp3) is 0.125. The largest absolute Gasteiger partial charge is 0.319 e. The number of hydrogen-bond donors (Lipinski definition) is 1. The van der Waals surface area contributed by atoms with Crippen LogP contribution in [-0.2, 0) is 9.84 Å². The van der Waals surface area contributed by atoms with Gasteiger partial charge in [0.1, 0.15) is 10.7 Å². The molecule has 0 aliphatic heterocycles. The molecule has 0 radical (unpaired) electrons. The third-order valence-electron chi connectivity index (χ3n) is 3.64. The van der Waals surface area contributed by atoms with Gasteiger partial charge in [-0.15, -0.1) is 0 Å². The molecule has 2 aromatic carbocycles. The monoisotopic (exact) mass is 365 g/mol. The van der Waals surface area contributed by atoms with E-state index < -0.39 is 15.7 Å². The van der Waals surface area contributed by atoms with Crippen molar-refractivity contribution in [2.45, 2.75) is 11.8 Å². The Bertz CT molecular complexity index is 1070. The summed E-state index contributed by atoms with van der Waals surface area (Å²) in [6, 6.07) is 10.8. The highest BCUT2D eigenvalue weighted by Gasteiger charge is 2.24. The molecule has 0 saturated heterocycles. The number of aromatic amines is 1. The zero-order valence-electron chi connectivity index (χ0n) is 12.9. The van der Waals surface area contributed by atoms with Gasteiger partial charge in [-0.25, -0.2) is 12.8 Å². The lowest BCUT2D eigenvalue weighted by molar-refractivity contribution is -0.542. The lowest BCUT2D eigenvalue weighted by Crippen LogP contribution is -2.17. The summed E-state index contributed by atoms with van der Waals surface area (Å²) in [4.78, 5) is 12.9. The van der Waals surface area contributed by atoms with Gasteiger partial charge in [-0.3, -0.25) is 0 Å². The Hall–Kier alpha value is -2.32. The highest BCUT2D eigenvalue weighted by Crippen LogP contribution is 2.32. The first kappa shape index (κ1) is 16.5. The minimum atomic E-state index is -3.29. The van der Waals surface area contributed by atoms with Gasteiger partial charge < -0.3 is 0 Å². The van der Waals surface area contributed by atoms with Crippen LogP contribution in [-0.4, -0.2) is 19.2 Å². The van der Waals surface area contributed by atoms with E-state index in [1.165, 1.54) is 18.2 Å². The van der Waals surface area contributed by atoms with Crippen LogP contribution in [0.5, 0.6) is 0 Å². The molecular weight excluding hydrogens is 351 g/mol. The van der Waals surface area contributed by atoms with Gasteiger partial charge in [0.05, 0.1) is 15.4 Å². The van der Waals surface area contributed by atoms with Crippen LogP contribution in [0.2, 0.25) is 0 Å². The molecule has 3 aromatic rings. The number of hydrogen-bond acceptors (Lipinski definition) is 4. The molecule has 0 amide bonds. The third kappa shape index (κ3) is 3.02. The average Bonchev–Trinajstić information content (AvgIpc) is 2.91. The Morgan fingerprint density at radius 3 is 2.29 bits per heavy atom. The van der Waals surface area contributed by atoms with E-state index in [1.807, 2.05) is 0 Å². The SMILES string of the molecule is Cc1ccc(-c2c(-c3ccc(S(C)(=O)=O)cc3)s[nH][n+]2=O)cc1F. The van der Waals surface area contributed by atoms with Crippen molar-refractivity contribution in [1.29, 1.82) is 0 Å². The predicted molar refractivity (Wildman–Crippen MR) is 90.7 cm³/mol. The first-order chi connectivity index (χ1) is 11.3. The summed E-state index contributed by atoms with van der Waals surface area (Å²) >= 11 is 1.10. The van der Waals surface area contributed by atoms with Crippen molar-refractivity contribution in [3.05, 3.63) is 58.8 Å². The van der Waals surface area contributed by atoms with E-state index in [-0.39, 0.29) is 4.90 Å². The summed E-state index contributed by atoms with van der Waals surface area (Å²) in [6.07, 6.45) is 1.13. The molecular formula is C16H14FN2O3S2+. The number of halogens is 1. The topological polar surface area (TPSA) is 72.9 Å². The second kappa shape index (κ2) is 5.95. The van der Waals surface area contributed by atoms with Gasteiger partial charge in [0.25, 0.3) is 0 Å². The molecule has 0 aliphatic rings. The van der Waals surface area contributed by atoms with Crippen molar-refractivity contribution in [2.24, 2.45) is 0 Å². The summed E-state index contributed by atoms with van der Waals surface area (Å²) in [6.45, 7) is 1.65. The molecule has 0 bridgehead atoms. The molecule has 0 aliphatic carbocycles. The van der Waals surface area contributed by atoms with E-state index in [9.17, 15) is 17.7 Å². The maximum atomic E-state index is 13.8. The molecule has 0 fully saturated rings. The van der Waals surface area contributed by atoms with Gasteiger partial charge in [-0.05, 0) is 36.8 Å². The Labute approximate surface area is 142 Å². The van der Waals surface area contributed by atoms with Gasteiger partial charge in [0, 0.05) is 23.4 Å². The van der Waals surface area contributed by atoms with Gasteiger partial charge in [0.15, 0.2) is 14.4 Å². The summed E-state index contributed by atoms with van der Waals surface area (Å²) < 4.78 is 40.1. The Balaban J connectivity index is 2.14. The Morgan fingerprint density at radius 2 is 1.71 bits per heavy atom. The minimum absolute atomic E-state index is 0.199. The summed E-state index contributed by atoms with van der Waals surface area (Å²) in [5.41, 5.74) is 1.92. The van der Waals surface area contributed by atoms with E-state index in [0.717, 1.165) is 17.8 Å². The molecule has 0 unspecified atom stereocenters. The number of H-pyrrole nitrogens is 1. The number of benzene rings is 2. The summed E-state index contributed by atoms with van der Waals surface area (Å²) in [5.74, 6) is -0.392. The Morgan fingerprint density at radius 1 is 1.08 bits per heavy atom. The van der Waals surface area contributed by atoms with Crippen molar-refractivity contribution >= 4 is 21.4 Å². The molecule has 8 heteroatoms. The average molecular weight is 365 g/mol. The highest BCUT2D eigenvalue weighted by molar-refractivity contribution is 7.90. The fourth-order valence-corrected chi connectivity index (χ4v) is 3.76. The zero-order valence-corrected chi connectivity index (χ0v) is 14.5. The van der Waals surface area contributed by atoms with Crippen LogP contribution < -0.4 is 4.54 Å². The number of aromatic nitrogens is 2. The molecule has 0 atom stereocenters. The normalized spacial score (nSPS) is 11.6. The number of nitrogens with zero attached hydrogens (tertiary/aromatic N) is 1. The van der Waals surface area contributed by atoms with Crippen LogP contribution in [0.3, 0.4) is 0 Å². The number of nitrogens with one attached hydrogen (secondary N) is 1. The zero-order chi connectivity index (χ0) is 17.5. The van der Waals surface area contributed by atoms with Gasteiger partial charge in [0.2, 0.25) is 0 Å². The number of sulfone groups is 1. The van der Waals surface area contributed by atoms with Crippen molar-refractivity contribution in [3.63, 3.8) is 0 Å². The van der Waals surface area contributed by atoms with Gasteiger partial charge in [-0.2, -0.15) is 0 Å².